The number of aromatic nitrogens is 2. The molecule has 1 aliphatic carbocycles. The minimum absolute atomic E-state index is 0.621. The quantitative estimate of drug-likeness (QED) is 0.901. The van der Waals surface area contributed by atoms with Crippen LogP contribution in [0.25, 0.3) is 5.69 Å². The molecule has 3 heteroatoms. The van der Waals surface area contributed by atoms with Crippen molar-refractivity contribution < 1.29 is 0 Å². The molecule has 1 saturated carbocycles. The fourth-order valence-electron chi connectivity index (χ4n) is 3.27. The van der Waals surface area contributed by atoms with Gasteiger partial charge in [-0.25, -0.2) is 4.68 Å². The smallest absolute Gasteiger partial charge is 0.0645 e. The van der Waals surface area contributed by atoms with Crippen LogP contribution in [-0.4, -0.2) is 15.8 Å². The van der Waals surface area contributed by atoms with Gasteiger partial charge in [-0.2, -0.15) is 5.10 Å². The molecule has 1 aromatic heterocycles. The molecule has 0 saturated heterocycles. The molecule has 3 rings (SSSR count). The van der Waals surface area contributed by atoms with Crippen molar-refractivity contribution in [1.82, 2.24) is 15.1 Å². The number of nitrogens with one attached hydrogen (secondary N) is 1. The van der Waals surface area contributed by atoms with Gasteiger partial charge in [-0.1, -0.05) is 31.4 Å². The summed E-state index contributed by atoms with van der Waals surface area (Å²) in [6, 6.07) is 11.2. The van der Waals surface area contributed by atoms with E-state index in [1.54, 1.807) is 6.20 Å². The van der Waals surface area contributed by atoms with Gasteiger partial charge in [0.05, 0.1) is 5.69 Å². The molecule has 0 bridgehead atoms. The van der Waals surface area contributed by atoms with Crippen molar-refractivity contribution in [2.24, 2.45) is 5.92 Å². The molecule has 2 aromatic rings. The Kier molecular flexibility index (Phi) is 4.71. The molecule has 112 valence electrons. The highest BCUT2D eigenvalue weighted by Gasteiger charge is 2.19. The predicted molar refractivity (Wildman–Crippen MR) is 86.4 cm³/mol. The van der Waals surface area contributed by atoms with Gasteiger partial charge in [0.1, 0.15) is 0 Å². The lowest BCUT2D eigenvalue weighted by molar-refractivity contribution is 0.280. The summed E-state index contributed by atoms with van der Waals surface area (Å²) in [5.41, 5.74) is 2.46. The number of nitrogens with zero attached hydrogens (tertiary/aromatic N) is 2. The van der Waals surface area contributed by atoms with Crippen LogP contribution < -0.4 is 5.32 Å². The molecule has 1 aromatic carbocycles. The highest BCUT2D eigenvalue weighted by Crippen LogP contribution is 2.26. The van der Waals surface area contributed by atoms with E-state index in [1.807, 2.05) is 16.9 Å². The van der Waals surface area contributed by atoms with E-state index in [-0.39, 0.29) is 0 Å². The van der Waals surface area contributed by atoms with Crippen molar-refractivity contribution in [3.05, 3.63) is 48.3 Å². The number of hydrogen-bond acceptors (Lipinski definition) is 2. The normalized spacial score (nSPS) is 17.8. The largest absolute Gasteiger partial charge is 0.310 e. The first-order valence-corrected chi connectivity index (χ1v) is 8.15. The predicted octanol–water partition coefficient (Wildman–Crippen LogP) is 3.93. The lowest BCUT2D eigenvalue weighted by Crippen LogP contribution is -2.34. The average Bonchev–Trinajstić information content (AvgIpc) is 3.08. The van der Waals surface area contributed by atoms with E-state index in [1.165, 1.54) is 37.7 Å². The van der Waals surface area contributed by atoms with E-state index in [2.05, 4.69) is 41.6 Å². The SMILES string of the molecule is CC(NCc1ccc(-n2cccn2)cc1)C1CCCCC1. The van der Waals surface area contributed by atoms with E-state index in [9.17, 15) is 0 Å². The van der Waals surface area contributed by atoms with Crippen molar-refractivity contribution in [3.8, 4) is 5.69 Å². The summed E-state index contributed by atoms with van der Waals surface area (Å²) in [5, 5.41) is 7.95. The second kappa shape index (κ2) is 6.90. The van der Waals surface area contributed by atoms with Crippen molar-refractivity contribution in [2.45, 2.75) is 51.6 Å². The van der Waals surface area contributed by atoms with Gasteiger partial charge in [-0.3, -0.25) is 0 Å². The number of rotatable bonds is 5. The summed E-state index contributed by atoms with van der Waals surface area (Å²) < 4.78 is 1.89. The molecule has 0 aliphatic heterocycles. The molecule has 1 N–H and O–H groups in total. The second-order valence-electron chi connectivity index (χ2n) is 6.18. The molecule has 1 atom stereocenters. The zero-order chi connectivity index (χ0) is 14.5. The van der Waals surface area contributed by atoms with E-state index < -0.39 is 0 Å². The third-order valence-electron chi connectivity index (χ3n) is 4.69. The van der Waals surface area contributed by atoms with Gasteiger partial charge in [-0.05, 0) is 49.4 Å². The molecule has 3 nitrogen and oxygen atoms in total. The summed E-state index contributed by atoms with van der Waals surface area (Å²) in [6.07, 6.45) is 10.8. The summed E-state index contributed by atoms with van der Waals surface area (Å²) in [6.45, 7) is 3.30. The fourth-order valence-corrected chi connectivity index (χ4v) is 3.27. The van der Waals surface area contributed by atoms with Gasteiger partial charge in [0, 0.05) is 25.0 Å². The lowest BCUT2D eigenvalue weighted by Gasteiger charge is -2.28. The third-order valence-corrected chi connectivity index (χ3v) is 4.69. The second-order valence-corrected chi connectivity index (χ2v) is 6.18. The maximum absolute atomic E-state index is 4.25. The van der Waals surface area contributed by atoms with Crippen molar-refractivity contribution in [2.75, 3.05) is 0 Å². The number of benzene rings is 1. The first-order chi connectivity index (χ1) is 10.3. The van der Waals surface area contributed by atoms with Gasteiger partial charge < -0.3 is 5.32 Å². The molecule has 1 aliphatic rings. The first-order valence-electron chi connectivity index (χ1n) is 8.15. The molecule has 0 radical (unpaired) electrons. The monoisotopic (exact) mass is 283 g/mol. The van der Waals surface area contributed by atoms with Gasteiger partial charge in [0.25, 0.3) is 0 Å². The van der Waals surface area contributed by atoms with Gasteiger partial charge in [0.2, 0.25) is 0 Å². The van der Waals surface area contributed by atoms with Crippen LogP contribution in [-0.2, 0) is 6.54 Å². The van der Waals surface area contributed by atoms with Crippen LogP contribution in [0.5, 0.6) is 0 Å². The topological polar surface area (TPSA) is 29.9 Å². The van der Waals surface area contributed by atoms with Gasteiger partial charge in [0.15, 0.2) is 0 Å². The Hall–Kier alpha value is -1.61. The average molecular weight is 283 g/mol. The number of hydrogen-bond donors (Lipinski definition) is 1. The van der Waals surface area contributed by atoms with Crippen LogP contribution in [0.2, 0.25) is 0 Å². The Morgan fingerprint density at radius 2 is 1.95 bits per heavy atom. The third kappa shape index (κ3) is 3.73. The van der Waals surface area contributed by atoms with Crippen molar-refractivity contribution in [1.29, 1.82) is 0 Å². The summed E-state index contributed by atoms with van der Waals surface area (Å²) in [4.78, 5) is 0. The van der Waals surface area contributed by atoms with Gasteiger partial charge >= 0.3 is 0 Å². The Balaban J connectivity index is 1.53. The highest BCUT2D eigenvalue weighted by molar-refractivity contribution is 5.33. The van der Waals surface area contributed by atoms with Crippen LogP contribution in [0.3, 0.4) is 0 Å². The van der Waals surface area contributed by atoms with Crippen LogP contribution in [0, 0.1) is 5.92 Å². The van der Waals surface area contributed by atoms with Crippen molar-refractivity contribution in [3.63, 3.8) is 0 Å². The zero-order valence-electron chi connectivity index (χ0n) is 12.8. The molecular formula is C18H25N3. The van der Waals surface area contributed by atoms with Crippen LogP contribution in [0.4, 0.5) is 0 Å². The van der Waals surface area contributed by atoms with E-state index in [4.69, 9.17) is 0 Å². The van der Waals surface area contributed by atoms with Gasteiger partial charge in [-0.15, -0.1) is 0 Å². The maximum Gasteiger partial charge on any atom is 0.0645 e. The summed E-state index contributed by atoms with van der Waals surface area (Å²) in [5.74, 6) is 0.863. The van der Waals surface area contributed by atoms with Crippen LogP contribution in [0.15, 0.2) is 42.7 Å². The Morgan fingerprint density at radius 1 is 1.19 bits per heavy atom. The minimum atomic E-state index is 0.621. The molecule has 0 spiro atoms. The summed E-state index contributed by atoms with van der Waals surface area (Å²) in [7, 11) is 0. The summed E-state index contributed by atoms with van der Waals surface area (Å²) >= 11 is 0. The van der Waals surface area contributed by atoms with E-state index in [0.29, 0.717) is 6.04 Å². The minimum Gasteiger partial charge on any atom is -0.310 e. The fraction of sp³-hybridized carbons (Fsp3) is 0.500. The standard InChI is InChI=1S/C18H25N3/c1-15(17-6-3-2-4-7-17)19-14-16-8-10-18(11-9-16)21-13-5-12-20-21/h5,8-13,15,17,19H,2-4,6-7,14H2,1H3. The van der Waals surface area contributed by atoms with E-state index >= 15 is 0 Å². The maximum atomic E-state index is 4.25. The Labute approximate surface area is 127 Å². The zero-order valence-corrected chi connectivity index (χ0v) is 12.8. The Morgan fingerprint density at radius 3 is 2.62 bits per heavy atom. The van der Waals surface area contributed by atoms with E-state index in [0.717, 1.165) is 18.2 Å². The molecule has 1 fully saturated rings. The van der Waals surface area contributed by atoms with Crippen molar-refractivity contribution >= 4 is 0 Å². The molecule has 0 amide bonds. The Bertz CT molecular complexity index is 524. The van der Waals surface area contributed by atoms with Crippen LogP contribution >= 0.6 is 0 Å². The molecule has 1 heterocycles. The molecule has 1 unspecified atom stereocenters. The van der Waals surface area contributed by atoms with Crippen LogP contribution in [0.1, 0.15) is 44.6 Å². The first kappa shape index (κ1) is 14.3. The lowest BCUT2D eigenvalue weighted by atomic mass is 9.84. The molecular weight excluding hydrogens is 258 g/mol. The highest BCUT2D eigenvalue weighted by atomic mass is 15.3. The molecule has 21 heavy (non-hydrogen) atoms.